The number of H-pyrrole nitrogens is 1. The smallest absolute Gasteiger partial charge is 0.291 e. The zero-order chi connectivity index (χ0) is 13.0. The lowest BCUT2D eigenvalue weighted by atomic mass is 10.1. The van der Waals surface area contributed by atoms with E-state index in [1.54, 1.807) is 0 Å². The summed E-state index contributed by atoms with van der Waals surface area (Å²) in [6.07, 6.45) is 3.29. The molecule has 2 N–H and O–H groups in total. The summed E-state index contributed by atoms with van der Waals surface area (Å²) in [6, 6.07) is 0.100. The van der Waals surface area contributed by atoms with Crippen LogP contribution in [0.15, 0.2) is 0 Å². The number of rotatable bonds is 4. The Kier molecular flexibility index (Phi) is 4.46. The van der Waals surface area contributed by atoms with Gasteiger partial charge in [0.1, 0.15) is 5.82 Å². The van der Waals surface area contributed by atoms with Crippen molar-refractivity contribution in [2.24, 2.45) is 0 Å². The molecule has 7 heteroatoms. The molecule has 0 spiro atoms. The van der Waals surface area contributed by atoms with Gasteiger partial charge in [-0.05, 0) is 19.3 Å². The fraction of sp³-hybridized carbons (Fsp3) is 0.727. The van der Waals surface area contributed by atoms with Crippen LogP contribution in [0, 0.1) is 0 Å². The Bertz CT molecular complexity index is 436. The molecule has 1 aromatic heterocycles. The Morgan fingerprint density at radius 2 is 2.22 bits per heavy atom. The van der Waals surface area contributed by atoms with Gasteiger partial charge in [0, 0.05) is 34.8 Å². The molecule has 1 fully saturated rings. The van der Waals surface area contributed by atoms with Gasteiger partial charge in [0.15, 0.2) is 0 Å². The van der Waals surface area contributed by atoms with Gasteiger partial charge in [-0.1, -0.05) is 6.92 Å². The zero-order valence-electron chi connectivity index (χ0n) is 10.4. The van der Waals surface area contributed by atoms with Gasteiger partial charge in [0.2, 0.25) is 5.82 Å². The molecular weight excluding hydrogens is 252 g/mol. The lowest BCUT2D eigenvalue weighted by molar-refractivity contribution is 0.0924. The molecule has 1 saturated heterocycles. The summed E-state index contributed by atoms with van der Waals surface area (Å²) >= 11 is 0. The molecule has 2 rings (SSSR count). The first-order valence-corrected chi connectivity index (χ1v) is 7.75. The Hall–Kier alpha value is -1.24. The van der Waals surface area contributed by atoms with Gasteiger partial charge in [-0.2, -0.15) is 0 Å². The largest absolute Gasteiger partial charge is 0.346 e. The molecule has 0 aromatic carbocycles. The van der Waals surface area contributed by atoms with Gasteiger partial charge >= 0.3 is 0 Å². The van der Waals surface area contributed by atoms with Gasteiger partial charge in [0.25, 0.3) is 5.91 Å². The van der Waals surface area contributed by atoms with Crippen LogP contribution in [0.25, 0.3) is 0 Å². The summed E-state index contributed by atoms with van der Waals surface area (Å²) in [7, 11) is -0.708. The molecule has 0 aliphatic carbocycles. The van der Waals surface area contributed by atoms with Crippen LogP contribution in [0.1, 0.15) is 42.6 Å². The molecule has 1 aliphatic rings. The van der Waals surface area contributed by atoms with Crippen molar-refractivity contribution in [3.05, 3.63) is 11.6 Å². The second-order valence-electron chi connectivity index (χ2n) is 4.45. The molecule has 0 radical (unpaired) electrons. The zero-order valence-corrected chi connectivity index (χ0v) is 11.3. The van der Waals surface area contributed by atoms with Crippen molar-refractivity contribution in [3.8, 4) is 0 Å². The third-order valence-electron chi connectivity index (χ3n) is 2.94. The second kappa shape index (κ2) is 6.08. The van der Waals surface area contributed by atoms with E-state index in [1.165, 1.54) is 0 Å². The van der Waals surface area contributed by atoms with Gasteiger partial charge in [-0.3, -0.25) is 14.1 Å². The summed E-state index contributed by atoms with van der Waals surface area (Å²) < 4.78 is 11.2. The average molecular weight is 270 g/mol. The maximum absolute atomic E-state index is 11.9. The number of nitrogens with zero attached hydrogens (tertiary/aromatic N) is 2. The van der Waals surface area contributed by atoms with Gasteiger partial charge < -0.3 is 5.32 Å². The van der Waals surface area contributed by atoms with Crippen LogP contribution in [-0.4, -0.2) is 42.8 Å². The van der Waals surface area contributed by atoms with Crippen LogP contribution in [0.3, 0.4) is 0 Å². The highest BCUT2D eigenvalue weighted by Crippen LogP contribution is 2.09. The summed E-state index contributed by atoms with van der Waals surface area (Å²) in [6.45, 7) is 2.05. The Morgan fingerprint density at radius 3 is 2.89 bits per heavy atom. The minimum Gasteiger partial charge on any atom is -0.346 e. The number of nitrogens with one attached hydrogen (secondary N) is 2. The highest BCUT2D eigenvalue weighted by molar-refractivity contribution is 7.85. The van der Waals surface area contributed by atoms with E-state index in [4.69, 9.17) is 0 Å². The molecule has 100 valence electrons. The summed E-state index contributed by atoms with van der Waals surface area (Å²) in [5, 5.41) is 9.56. The topological polar surface area (TPSA) is 87.7 Å². The van der Waals surface area contributed by atoms with Crippen molar-refractivity contribution in [1.82, 2.24) is 20.5 Å². The highest BCUT2D eigenvalue weighted by Gasteiger charge is 2.21. The van der Waals surface area contributed by atoms with E-state index < -0.39 is 10.8 Å². The molecule has 6 nitrogen and oxygen atoms in total. The first kappa shape index (κ1) is 13.2. The number of aromatic amines is 1. The second-order valence-corrected chi connectivity index (χ2v) is 6.15. The minimum atomic E-state index is -0.708. The van der Waals surface area contributed by atoms with Crippen molar-refractivity contribution < 1.29 is 9.00 Å². The fourth-order valence-corrected chi connectivity index (χ4v) is 3.23. The maximum Gasteiger partial charge on any atom is 0.291 e. The quantitative estimate of drug-likeness (QED) is 0.829. The number of aryl methyl sites for hydroxylation is 1. The Morgan fingerprint density at radius 1 is 1.50 bits per heavy atom. The van der Waals surface area contributed by atoms with Gasteiger partial charge in [-0.15, -0.1) is 5.10 Å². The molecule has 18 heavy (non-hydrogen) atoms. The van der Waals surface area contributed by atoms with Crippen LogP contribution in [0.4, 0.5) is 0 Å². The Balaban J connectivity index is 1.88. The van der Waals surface area contributed by atoms with Crippen LogP contribution < -0.4 is 5.32 Å². The lowest BCUT2D eigenvalue weighted by Gasteiger charge is -2.21. The molecule has 1 aliphatic heterocycles. The van der Waals surface area contributed by atoms with Crippen molar-refractivity contribution >= 4 is 16.7 Å². The summed E-state index contributed by atoms with van der Waals surface area (Å²) in [4.78, 5) is 16.0. The number of aromatic nitrogens is 3. The van der Waals surface area contributed by atoms with E-state index in [0.29, 0.717) is 11.5 Å². The lowest BCUT2D eigenvalue weighted by Crippen LogP contribution is -2.40. The maximum atomic E-state index is 11.9. The molecule has 0 unspecified atom stereocenters. The van der Waals surface area contributed by atoms with Crippen LogP contribution in [0.5, 0.6) is 0 Å². The summed E-state index contributed by atoms with van der Waals surface area (Å²) in [5.41, 5.74) is 0. The van der Waals surface area contributed by atoms with E-state index >= 15 is 0 Å². The van der Waals surface area contributed by atoms with E-state index in [0.717, 1.165) is 31.5 Å². The molecule has 0 saturated carbocycles. The third kappa shape index (κ3) is 3.38. The van der Waals surface area contributed by atoms with E-state index in [1.807, 2.05) is 6.92 Å². The summed E-state index contributed by atoms with van der Waals surface area (Å²) in [5.74, 6) is 2.03. The first-order chi connectivity index (χ1) is 8.69. The van der Waals surface area contributed by atoms with Crippen molar-refractivity contribution in [3.63, 3.8) is 0 Å². The van der Waals surface area contributed by atoms with Crippen LogP contribution >= 0.6 is 0 Å². The predicted octanol–water partition coefficient (Wildman–Crippen LogP) is 0.398. The number of carbonyl (C=O) groups is 1. The normalized spacial score (nSPS) is 23.8. The first-order valence-electron chi connectivity index (χ1n) is 6.26. The number of hydrogen-bond acceptors (Lipinski definition) is 4. The average Bonchev–Trinajstić information content (AvgIpc) is 2.81. The highest BCUT2D eigenvalue weighted by atomic mass is 32.2. The minimum absolute atomic E-state index is 0.100. The standard InChI is InChI=1S/C11H18N4O2S/c1-2-3-9-13-10(15-14-9)11(16)12-8-4-6-18(17)7-5-8/h8H,2-7H2,1H3,(H,12,16)(H,13,14,15). The molecule has 1 amide bonds. The molecule has 2 heterocycles. The van der Waals surface area contributed by atoms with E-state index in [2.05, 4.69) is 20.5 Å². The molecular formula is C11H18N4O2S. The van der Waals surface area contributed by atoms with Gasteiger partial charge in [-0.25, -0.2) is 4.98 Å². The van der Waals surface area contributed by atoms with Crippen molar-refractivity contribution in [2.75, 3.05) is 11.5 Å². The fourth-order valence-electron chi connectivity index (χ4n) is 1.93. The number of carbonyl (C=O) groups excluding carboxylic acids is 1. The van der Waals surface area contributed by atoms with Crippen molar-refractivity contribution in [1.29, 1.82) is 0 Å². The van der Waals surface area contributed by atoms with E-state index in [9.17, 15) is 9.00 Å². The van der Waals surface area contributed by atoms with Crippen molar-refractivity contribution in [2.45, 2.75) is 38.6 Å². The molecule has 0 atom stereocenters. The van der Waals surface area contributed by atoms with Crippen LogP contribution in [-0.2, 0) is 17.2 Å². The monoisotopic (exact) mass is 270 g/mol. The molecule has 0 bridgehead atoms. The Labute approximate surface area is 108 Å². The van der Waals surface area contributed by atoms with E-state index in [-0.39, 0.29) is 17.8 Å². The molecule has 1 aromatic rings. The van der Waals surface area contributed by atoms with Crippen LogP contribution in [0.2, 0.25) is 0 Å². The number of hydrogen-bond donors (Lipinski definition) is 2. The van der Waals surface area contributed by atoms with Gasteiger partial charge in [0.05, 0.1) is 0 Å². The third-order valence-corrected chi connectivity index (χ3v) is 4.33. The predicted molar refractivity (Wildman–Crippen MR) is 68.7 cm³/mol. The number of amides is 1. The SMILES string of the molecule is CCCc1nc(C(=O)NC2CCS(=O)CC2)n[nH]1.